The molecule has 0 amide bonds. The predicted molar refractivity (Wildman–Crippen MR) is 59.8 cm³/mol. The molecule has 0 fully saturated rings. The van der Waals surface area contributed by atoms with Crippen molar-refractivity contribution < 1.29 is 18.8 Å². The number of nitrogens with zero attached hydrogens (tertiary/aromatic N) is 1. The van der Waals surface area contributed by atoms with Crippen LogP contribution in [-0.2, 0) is 18.8 Å². The lowest BCUT2D eigenvalue weighted by atomic mass is 10.2. The minimum atomic E-state index is -1.54. The molecule has 0 aromatic carbocycles. The average molecular weight is 250 g/mol. The molecule has 16 heavy (non-hydrogen) atoms. The minimum Gasteiger partial charge on any atom is -0.464 e. The van der Waals surface area contributed by atoms with Gasteiger partial charge in [0, 0.05) is 13.0 Å². The Kier molecular flexibility index (Phi) is 8.85. The summed E-state index contributed by atoms with van der Waals surface area (Å²) in [6.45, 7) is 4.15. The van der Waals surface area contributed by atoms with Gasteiger partial charge in [-0.2, -0.15) is 0 Å². The van der Waals surface area contributed by atoms with Gasteiger partial charge in [0.2, 0.25) is 6.35 Å². The summed E-state index contributed by atoms with van der Waals surface area (Å²) in [5.41, 5.74) is 0. The summed E-state index contributed by atoms with van der Waals surface area (Å²) in [6, 6.07) is -1.06. The highest BCUT2D eigenvalue weighted by atomic mass is 31.1. The van der Waals surface area contributed by atoms with Gasteiger partial charge in [0.15, 0.2) is 12.2 Å². The molecule has 0 aromatic heterocycles. The Morgan fingerprint density at radius 2 is 2.06 bits per heavy atom. The van der Waals surface area contributed by atoms with E-state index in [1.807, 2.05) is 0 Å². The maximum absolute atomic E-state index is 11.3. The fourth-order valence-electron chi connectivity index (χ4n) is 0.976. The number of rotatable bonds is 9. The molecule has 0 saturated carbocycles. The van der Waals surface area contributed by atoms with Crippen LogP contribution >= 0.6 is 7.80 Å². The molecule has 0 rings (SSSR count). The van der Waals surface area contributed by atoms with E-state index >= 15 is 0 Å². The summed E-state index contributed by atoms with van der Waals surface area (Å²) in [5.74, 6) is -0.655. The van der Waals surface area contributed by atoms with Crippen molar-refractivity contribution in [3.05, 3.63) is 4.91 Å². The van der Waals surface area contributed by atoms with Crippen molar-refractivity contribution in [1.82, 2.24) is 0 Å². The van der Waals surface area contributed by atoms with Gasteiger partial charge in [-0.15, -0.1) is 4.91 Å². The number of carbonyl (C=O) groups excluding carboxylic acids is 1. The molecule has 6 nitrogen and oxygen atoms in total. The molecule has 7 heteroatoms. The Morgan fingerprint density at radius 1 is 1.38 bits per heavy atom. The van der Waals surface area contributed by atoms with Gasteiger partial charge in [0.1, 0.15) is 0 Å². The van der Waals surface area contributed by atoms with Gasteiger partial charge in [0.05, 0.1) is 6.61 Å². The van der Waals surface area contributed by atoms with E-state index < -0.39 is 19.8 Å². The molecule has 0 spiro atoms. The van der Waals surface area contributed by atoms with Crippen LogP contribution < -0.4 is 0 Å². The molecule has 0 bridgehead atoms. The van der Waals surface area contributed by atoms with Crippen LogP contribution in [-0.4, -0.2) is 37.7 Å². The monoisotopic (exact) mass is 250 g/mol. The van der Waals surface area contributed by atoms with Crippen LogP contribution in [0.5, 0.6) is 0 Å². The van der Waals surface area contributed by atoms with Gasteiger partial charge in [-0.1, -0.05) is 9.74 Å². The van der Waals surface area contributed by atoms with Gasteiger partial charge in [-0.05, 0) is 13.8 Å². The van der Waals surface area contributed by atoms with E-state index in [1.54, 1.807) is 13.8 Å². The van der Waals surface area contributed by atoms with Gasteiger partial charge in [0.25, 0.3) is 0 Å². The van der Waals surface area contributed by atoms with E-state index in [0.29, 0.717) is 6.61 Å². The standard InChI is InChI=1S/C9H17NO5P/c1-3-14-7-16(13)6-5-8(10-12)9(11)15-4-2/h8H,3-7H2,1-2H3/q+1. The normalized spacial score (nSPS) is 13.0. The maximum Gasteiger partial charge on any atom is 0.367 e. The number of hydrogen-bond donors (Lipinski definition) is 0. The number of ether oxygens (including phenoxy) is 2. The predicted octanol–water partition coefficient (Wildman–Crippen LogP) is 1.90. The van der Waals surface area contributed by atoms with Crippen LogP contribution in [0.4, 0.5) is 0 Å². The largest absolute Gasteiger partial charge is 0.464 e. The smallest absolute Gasteiger partial charge is 0.367 e. The fourth-order valence-corrected chi connectivity index (χ4v) is 2.02. The van der Waals surface area contributed by atoms with Crippen LogP contribution in [0.25, 0.3) is 0 Å². The van der Waals surface area contributed by atoms with Crippen LogP contribution in [0.2, 0.25) is 0 Å². The molecular weight excluding hydrogens is 233 g/mol. The van der Waals surface area contributed by atoms with Crippen LogP contribution in [0.15, 0.2) is 5.18 Å². The number of nitroso groups, excluding NO2 is 1. The lowest BCUT2D eigenvalue weighted by molar-refractivity contribution is -0.144. The Labute approximate surface area is 95.4 Å². The van der Waals surface area contributed by atoms with Crippen molar-refractivity contribution in [2.24, 2.45) is 5.18 Å². The van der Waals surface area contributed by atoms with E-state index in [4.69, 9.17) is 4.74 Å². The van der Waals surface area contributed by atoms with Crippen molar-refractivity contribution in [2.45, 2.75) is 26.3 Å². The first-order valence-electron chi connectivity index (χ1n) is 5.14. The molecule has 2 unspecified atom stereocenters. The summed E-state index contributed by atoms with van der Waals surface area (Å²) in [7, 11) is -1.54. The van der Waals surface area contributed by atoms with Crippen LogP contribution in [0.1, 0.15) is 20.3 Å². The van der Waals surface area contributed by atoms with Crippen LogP contribution in [0, 0.1) is 4.91 Å². The summed E-state index contributed by atoms with van der Waals surface area (Å²) < 4.78 is 20.9. The van der Waals surface area contributed by atoms with E-state index in [9.17, 15) is 14.3 Å². The highest BCUT2D eigenvalue weighted by Crippen LogP contribution is 2.22. The molecule has 0 radical (unpaired) electrons. The molecule has 0 heterocycles. The van der Waals surface area contributed by atoms with Crippen molar-refractivity contribution in [3.8, 4) is 0 Å². The molecule has 0 N–H and O–H groups in total. The van der Waals surface area contributed by atoms with Gasteiger partial charge >= 0.3 is 13.8 Å². The second-order valence-corrected chi connectivity index (χ2v) is 4.66. The minimum absolute atomic E-state index is 0.143. The zero-order valence-electron chi connectivity index (χ0n) is 9.55. The molecule has 0 aromatic rings. The van der Waals surface area contributed by atoms with E-state index in [2.05, 4.69) is 9.91 Å². The first-order valence-corrected chi connectivity index (χ1v) is 6.77. The molecule has 0 aliphatic heterocycles. The lowest BCUT2D eigenvalue weighted by Crippen LogP contribution is -2.21. The molecule has 0 saturated heterocycles. The summed E-state index contributed by atoms with van der Waals surface area (Å²) in [6.07, 6.45) is 0.537. The molecule has 0 aliphatic rings. The number of hydrogen-bond acceptors (Lipinski definition) is 6. The average Bonchev–Trinajstić information content (AvgIpc) is 2.27. The maximum atomic E-state index is 11.3. The van der Waals surface area contributed by atoms with Crippen molar-refractivity contribution in [3.63, 3.8) is 0 Å². The van der Waals surface area contributed by atoms with Gasteiger partial charge in [-0.25, -0.2) is 4.79 Å². The molecule has 0 aliphatic carbocycles. The zero-order valence-corrected chi connectivity index (χ0v) is 10.4. The third-order valence-electron chi connectivity index (χ3n) is 1.78. The summed E-state index contributed by atoms with van der Waals surface area (Å²) >= 11 is 0. The number of carbonyl (C=O) groups is 1. The summed E-state index contributed by atoms with van der Waals surface area (Å²) in [4.78, 5) is 21.5. The Balaban J connectivity index is 3.90. The fraction of sp³-hybridized carbons (Fsp3) is 0.889. The van der Waals surface area contributed by atoms with E-state index in [0.717, 1.165) is 0 Å². The van der Waals surface area contributed by atoms with Crippen molar-refractivity contribution in [2.75, 3.05) is 25.7 Å². The SMILES string of the molecule is CCOC[P+](=O)CCC(N=O)C(=O)OCC. The third-order valence-corrected chi connectivity index (χ3v) is 3.00. The summed E-state index contributed by atoms with van der Waals surface area (Å²) in [5, 5.41) is 2.66. The molecule has 92 valence electrons. The van der Waals surface area contributed by atoms with Crippen molar-refractivity contribution >= 4 is 13.8 Å². The highest BCUT2D eigenvalue weighted by Gasteiger charge is 2.25. The Morgan fingerprint density at radius 3 is 2.56 bits per heavy atom. The second kappa shape index (κ2) is 9.36. The van der Waals surface area contributed by atoms with E-state index in [1.165, 1.54) is 0 Å². The molecule has 2 atom stereocenters. The quantitative estimate of drug-likeness (QED) is 0.354. The van der Waals surface area contributed by atoms with Gasteiger partial charge < -0.3 is 9.47 Å². The number of esters is 1. The van der Waals surface area contributed by atoms with Crippen molar-refractivity contribution in [1.29, 1.82) is 0 Å². The van der Waals surface area contributed by atoms with Crippen LogP contribution in [0.3, 0.4) is 0 Å². The van der Waals surface area contributed by atoms with Gasteiger partial charge in [-0.3, -0.25) is 0 Å². The highest BCUT2D eigenvalue weighted by molar-refractivity contribution is 7.44. The topological polar surface area (TPSA) is 82.0 Å². The molecular formula is C9H17NO5P+. The van der Waals surface area contributed by atoms with E-state index in [-0.39, 0.29) is 25.5 Å². The first kappa shape index (κ1) is 15.1. The second-order valence-electron chi connectivity index (χ2n) is 2.99. The first-order chi connectivity index (χ1) is 7.65. The Hall–Kier alpha value is -0.870. The third kappa shape index (κ3) is 6.58. The lowest BCUT2D eigenvalue weighted by Gasteiger charge is -2.04. The Bertz CT molecular complexity index is 246. The zero-order chi connectivity index (χ0) is 12.4.